The molecule has 1 N–H and O–H groups in total. The van der Waals surface area contributed by atoms with Crippen LogP contribution in [0.3, 0.4) is 0 Å². The second kappa shape index (κ2) is 4.16. The molecule has 1 aliphatic heterocycles. The quantitative estimate of drug-likeness (QED) is 0.745. The summed E-state index contributed by atoms with van der Waals surface area (Å²) in [6.07, 6.45) is 0. The van der Waals surface area contributed by atoms with Crippen LogP contribution in [0.2, 0.25) is 0 Å². The average molecular weight is 221 g/mol. The topological polar surface area (TPSA) is 57.6 Å². The summed E-state index contributed by atoms with van der Waals surface area (Å²) in [5, 5.41) is 8.98. The average Bonchev–Trinajstić information content (AvgIpc) is 2.36. The SMILES string of the molecule is CC1CN(C(C)C(C)CO)S(=O)(=O)C1. The van der Waals surface area contributed by atoms with E-state index in [-0.39, 0.29) is 30.2 Å². The normalized spacial score (nSPS) is 31.6. The number of hydrogen-bond donors (Lipinski definition) is 1. The first-order chi connectivity index (χ1) is 6.38. The molecular weight excluding hydrogens is 202 g/mol. The maximum absolute atomic E-state index is 11.7. The van der Waals surface area contributed by atoms with E-state index in [1.165, 1.54) is 4.31 Å². The zero-order chi connectivity index (χ0) is 10.9. The van der Waals surface area contributed by atoms with E-state index in [1.807, 2.05) is 20.8 Å². The van der Waals surface area contributed by atoms with E-state index in [4.69, 9.17) is 5.11 Å². The second-order valence-corrected chi connectivity index (χ2v) is 6.32. The summed E-state index contributed by atoms with van der Waals surface area (Å²) >= 11 is 0. The third-order valence-corrected chi connectivity index (χ3v) is 5.10. The van der Waals surface area contributed by atoms with Crippen LogP contribution in [0.15, 0.2) is 0 Å². The Morgan fingerprint density at radius 1 is 1.50 bits per heavy atom. The van der Waals surface area contributed by atoms with Crippen LogP contribution in [0.25, 0.3) is 0 Å². The van der Waals surface area contributed by atoms with E-state index in [0.717, 1.165) is 0 Å². The highest BCUT2D eigenvalue weighted by molar-refractivity contribution is 7.89. The van der Waals surface area contributed by atoms with Crippen molar-refractivity contribution < 1.29 is 13.5 Å². The minimum absolute atomic E-state index is 0.00456. The fourth-order valence-corrected chi connectivity index (χ4v) is 4.00. The van der Waals surface area contributed by atoms with Gasteiger partial charge in [-0.2, -0.15) is 4.31 Å². The molecule has 1 heterocycles. The summed E-state index contributed by atoms with van der Waals surface area (Å²) in [7, 11) is -3.07. The number of aliphatic hydroxyl groups excluding tert-OH is 1. The van der Waals surface area contributed by atoms with Gasteiger partial charge in [-0.1, -0.05) is 13.8 Å². The standard InChI is InChI=1S/C9H19NO3S/c1-7-4-10(14(12,13)6-7)9(3)8(2)5-11/h7-9,11H,4-6H2,1-3H3. The number of aliphatic hydroxyl groups is 1. The maximum Gasteiger partial charge on any atom is 0.214 e. The number of rotatable bonds is 3. The Morgan fingerprint density at radius 2 is 2.07 bits per heavy atom. The molecule has 0 amide bonds. The van der Waals surface area contributed by atoms with Crippen LogP contribution >= 0.6 is 0 Å². The lowest BCUT2D eigenvalue weighted by molar-refractivity contribution is 0.171. The lowest BCUT2D eigenvalue weighted by atomic mass is 10.0. The predicted octanol–water partition coefficient (Wildman–Crippen LogP) is 0.285. The molecule has 4 nitrogen and oxygen atoms in total. The summed E-state index contributed by atoms with van der Waals surface area (Å²) in [5.74, 6) is 0.443. The van der Waals surface area contributed by atoms with E-state index < -0.39 is 10.0 Å². The van der Waals surface area contributed by atoms with Gasteiger partial charge < -0.3 is 5.11 Å². The first-order valence-corrected chi connectivity index (χ1v) is 6.59. The zero-order valence-corrected chi connectivity index (χ0v) is 9.79. The molecule has 0 bridgehead atoms. The number of sulfonamides is 1. The van der Waals surface area contributed by atoms with Crippen molar-refractivity contribution in [1.82, 2.24) is 4.31 Å². The largest absolute Gasteiger partial charge is 0.396 e. The van der Waals surface area contributed by atoms with Crippen LogP contribution in [0, 0.1) is 11.8 Å². The van der Waals surface area contributed by atoms with Gasteiger partial charge in [-0.25, -0.2) is 8.42 Å². The maximum atomic E-state index is 11.7. The van der Waals surface area contributed by atoms with Crippen molar-refractivity contribution in [3.05, 3.63) is 0 Å². The summed E-state index contributed by atoms with van der Waals surface area (Å²) in [6.45, 7) is 6.28. The van der Waals surface area contributed by atoms with Gasteiger partial charge in [0, 0.05) is 19.2 Å². The van der Waals surface area contributed by atoms with E-state index in [2.05, 4.69) is 0 Å². The van der Waals surface area contributed by atoms with Crippen molar-refractivity contribution in [2.24, 2.45) is 11.8 Å². The second-order valence-electron chi connectivity index (χ2n) is 4.35. The Morgan fingerprint density at radius 3 is 2.43 bits per heavy atom. The molecule has 1 aliphatic rings. The van der Waals surface area contributed by atoms with Crippen molar-refractivity contribution in [2.75, 3.05) is 18.9 Å². The van der Waals surface area contributed by atoms with Crippen LogP contribution < -0.4 is 0 Å². The van der Waals surface area contributed by atoms with Crippen LogP contribution in [0.5, 0.6) is 0 Å². The molecule has 0 aliphatic carbocycles. The lowest BCUT2D eigenvalue weighted by Gasteiger charge is -2.27. The van der Waals surface area contributed by atoms with E-state index >= 15 is 0 Å². The molecule has 3 unspecified atom stereocenters. The van der Waals surface area contributed by atoms with Gasteiger partial charge in [-0.15, -0.1) is 0 Å². The Kier molecular flexibility index (Phi) is 3.55. The van der Waals surface area contributed by atoms with Gasteiger partial charge in [0.1, 0.15) is 0 Å². The molecule has 1 rings (SSSR count). The van der Waals surface area contributed by atoms with Crippen molar-refractivity contribution in [3.8, 4) is 0 Å². The first kappa shape index (κ1) is 11.9. The van der Waals surface area contributed by atoms with Gasteiger partial charge in [-0.3, -0.25) is 0 Å². The molecule has 5 heteroatoms. The molecule has 0 aromatic carbocycles. The Balaban J connectivity index is 2.78. The van der Waals surface area contributed by atoms with Crippen molar-refractivity contribution in [1.29, 1.82) is 0 Å². The molecule has 0 aromatic heterocycles. The van der Waals surface area contributed by atoms with Gasteiger partial charge in [0.05, 0.1) is 5.75 Å². The highest BCUT2D eigenvalue weighted by Gasteiger charge is 2.38. The van der Waals surface area contributed by atoms with Gasteiger partial charge in [0.15, 0.2) is 0 Å². The van der Waals surface area contributed by atoms with Gasteiger partial charge in [-0.05, 0) is 18.8 Å². The highest BCUT2D eigenvalue weighted by Crippen LogP contribution is 2.24. The fourth-order valence-electron chi connectivity index (χ4n) is 1.78. The van der Waals surface area contributed by atoms with Crippen LogP contribution in [-0.4, -0.2) is 42.8 Å². The van der Waals surface area contributed by atoms with Crippen molar-refractivity contribution in [3.63, 3.8) is 0 Å². The summed E-state index contributed by atoms with van der Waals surface area (Å²) in [6, 6.07) is -0.102. The lowest BCUT2D eigenvalue weighted by Crippen LogP contribution is -2.40. The van der Waals surface area contributed by atoms with Gasteiger partial charge >= 0.3 is 0 Å². The Bertz CT molecular complexity index is 288. The summed E-state index contributed by atoms with van der Waals surface area (Å²) in [5.41, 5.74) is 0. The summed E-state index contributed by atoms with van der Waals surface area (Å²) < 4.78 is 24.9. The van der Waals surface area contributed by atoms with E-state index in [9.17, 15) is 8.42 Å². The Labute approximate surface area is 86.0 Å². The molecule has 0 radical (unpaired) electrons. The molecule has 0 aromatic rings. The predicted molar refractivity (Wildman–Crippen MR) is 55.4 cm³/mol. The first-order valence-electron chi connectivity index (χ1n) is 4.99. The fraction of sp³-hybridized carbons (Fsp3) is 1.00. The molecule has 3 atom stereocenters. The van der Waals surface area contributed by atoms with Crippen LogP contribution in [0.1, 0.15) is 20.8 Å². The van der Waals surface area contributed by atoms with E-state index in [0.29, 0.717) is 6.54 Å². The highest BCUT2D eigenvalue weighted by atomic mass is 32.2. The zero-order valence-electron chi connectivity index (χ0n) is 8.97. The molecule has 0 spiro atoms. The van der Waals surface area contributed by atoms with Gasteiger partial charge in [0.25, 0.3) is 0 Å². The Hall–Kier alpha value is -0.130. The molecule has 1 fully saturated rings. The minimum atomic E-state index is -3.07. The van der Waals surface area contributed by atoms with Crippen molar-refractivity contribution in [2.45, 2.75) is 26.8 Å². The van der Waals surface area contributed by atoms with Crippen LogP contribution in [0.4, 0.5) is 0 Å². The van der Waals surface area contributed by atoms with Gasteiger partial charge in [0.2, 0.25) is 10.0 Å². The monoisotopic (exact) mass is 221 g/mol. The minimum Gasteiger partial charge on any atom is -0.396 e. The molecule has 1 saturated heterocycles. The third kappa shape index (κ3) is 2.27. The number of nitrogens with zero attached hydrogens (tertiary/aromatic N) is 1. The van der Waals surface area contributed by atoms with Crippen LogP contribution in [-0.2, 0) is 10.0 Å². The third-order valence-electron chi connectivity index (χ3n) is 2.91. The van der Waals surface area contributed by atoms with Crippen molar-refractivity contribution >= 4 is 10.0 Å². The number of hydrogen-bond acceptors (Lipinski definition) is 3. The smallest absolute Gasteiger partial charge is 0.214 e. The molecule has 14 heavy (non-hydrogen) atoms. The summed E-state index contributed by atoms with van der Waals surface area (Å²) in [4.78, 5) is 0. The molecule has 0 saturated carbocycles. The molecular formula is C9H19NO3S. The molecule has 84 valence electrons. The van der Waals surface area contributed by atoms with E-state index in [1.54, 1.807) is 0 Å².